The second kappa shape index (κ2) is 7.89. The summed E-state index contributed by atoms with van der Waals surface area (Å²) in [7, 11) is 0. The lowest BCUT2D eigenvalue weighted by Gasteiger charge is -2.26. The molecule has 5 rings (SSSR count). The molecule has 1 saturated heterocycles. The maximum Gasteiger partial charge on any atom is 0.142 e. The highest BCUT2D eigenvalue weighted by Crippen LogP contribution is 2.40. The molecule has 1 fully saturated rings. The summed E-state index contributed by atoms with van der Waals surface area (Å²) >= 11 is 0. The zero-order valence-electron chi connectivity index (χ0n) is 16.3. The predicted molar refractivity (Wildman–Crippen MR) is 112 cm³/mol. The van der Waals surface area contributed by atoms with E-state index in [1.165, 1.54) is 5.56 Å². The third-order valence-corrected chi connectivity index (χ3v) is 5.94. The Morgan fingerprint density at radius 2 is 1.93 bits per heavy atom. The van der Waals surface area contributed by atoms with Crippen molar-refractivity contribution in [2.75, 3.05) is 26.2 Å². The number of hydrogen-bond acceptors (Lipinski definition) is 6. The summed E-state index contributed by atoms with van der Waals surface area (Å²) < 4.78 is 6.40. The van der Waals surface area contributed by atoms with Crippen LogP contribution in [-0.2, 0) is 13.0 Å². The van der Waals surface area contributed by atoms with Gasteiger partial charge >= 0.3 is 0 Å². The molecule has 0 bridgehead atoms. The third-order valence-electron chi connectivity index (χ3n) is 5.94. The number of nitrogens with one attached hydrogen (secondary N) is 1. The van der Waals surface area contributed by atoms with Crippen LogP contribution < -0.4 is 5.32 Å². The highest BCUT2D eigenvalue weighted by molar-refractivity contribution is 5.80. The molecule has 0 radical (unpaired) electrons. The molecule has 2 aromatic heterocycles. The van der Waals surface area contributed by atoms with Gasteiger partial charge in [0.05, 0.1) is 6.54 Å². The lowest BCUT2D eigenvalue weighted by atomic mass is 9.99. The minimum atomic E-state index is -0.210. The molecule has 0 spiro atoms. The van der Waals surface area contributed by atoms with Gasteiger partial charge in [0, 0.05) is 49.7 Å². The third kappa shape index (κ3) is 3.61. The number of benzene rings is 1. The fourth-order valence-electron chi connectivity index (χ4n) is 4.42. The molecule has 148 valence electrons. The average Bonchev–Trinajstić information content (AvgIpc) is 3.38. The minimum absolute atomic E-state index is 0.210. The summed E-state index contributed by atoms with van der Waals surface area (Å²) in [5.41, 5.74) is 5.49. The molecule has 1 aliphatic heterocycles. The molecule has 6 nitrogen and oxygen atoms in total. The molecule has 1 aromatic carbocycles. The summed E-state index contributed by atoms with van der Waals surface area (Å²) in [4.78, 5) is 17.6. The summed E-state index contributed by atoms with van der Waals surface area (Å²) in [5, 5.41) is 6.67. The van der Waals surface area contributed by atoms with E-state index in [-0.39, 0.29) is 6.04 Å². The van der Waals surface area contributed by atoms with Crippen LogP contribution in [0.25, 0.3) is 22.5 Å². The molecule has 3 aromatic rings. The molecule has 1 unspecified atom stereocenters. The van der Waals surface area contributed by atoms with E-state index in [0.29, 0.717) is 0 Å². The lowest BCUT2D eigenvalue weighted by Crippen LogP contribution is -2.42. The molecular formula is C23H24N4O2. The van der Waals surface area contributed by atoms with Crippen molar-refractivity contribution in [3.63, 3.8) is 0 Å². The highest BCUT2D eigenvalue weighted by atomic mass is 16.3. The minimum Gasteiger partial charge on any atom is -0.459 e. The molecule has 29 heavy (non-hydrogen) atoms. The molecule has 3 heterocycles. The Morgan fingerprint density at radius 1 is 1.10 bits per heavy atom. The van der Waals surface area contributed by atoms with Gasteiger partial charge in [-0.2, -0.15) is 4.91 Å². The van der Waals surface area contributed by atoms with E-state index < -0.39 is 0 Å². The van der Waals surface area contributed by atoms with Crippen molar-refractivity contribution in [2.45, 2.75) is 25.4 Å². The van der Waals surface area contributed by atoms with Crippen LogP contribution in [0.2, 0.25) is 0 Å². The van der Waals surface area contributed by atoms with Crippen molar-refractivity contribution in [3.8, 4) is 22.5 Å². The predicted octanol–water partition coefficient (Wildman–Crippen LogP) is 4.17. The molecule has 0 saturated carbocycles. The second-order valence-electron chi connectivity index (χ2n) is 7.79. The van der Waals surface area contributed by atoms with Gasteiger partial charge < -0.3 is 9.73 Å². The van der Waals surface area contributed by atoms with Crippen LogP contribution in [0, 0.1) is 4.91 Å². The first-order chi connectivity index (χ1) is 14.3. The largest absolute Gasteiger partial charge is 0.459 e. The van der Waals surface area contributed by atoms with Crippen LogP contribution in [0.4, 0.5) is 0 Å². The maximum atomic E-state index is 11.1. The normalized spacial score (nSPS) is 19.2. The second-order valence-corrected chi connectivity index (χ2v) is 7.79. The standard InChI is InChI=1S/C23H24N4O2/c28-26-22-4-2-17-13-18(1-3-20(17)22)23-21(16-5-7-24-8-6-16)14-19(29-23)15-27-11-9-25-10-12-27/h1,3,5-8,13-14,22,25H,2,4,9-12,15H2. The first kappa shape index (κ1) is 18.2. The van der Waals surface area contributed by atoms with Crippen LogP contribution in [0.1, 0.15) is 29.3 Å². The van der Waals surface area contributed by atoms with Gasteiger partial charge in [0.25, 0.3) is 0 Å². The number of aryl methyl sites for hydroxylation is 1. The van der Waals surface area contributed by atoms with E-state index in [2.05, 4.69) is 38.6 Å². The van der Waals surface area contributed by atoms with Crippen molar-refractivity contribution in [1.82, 2.24) is 15.2 Å². The number of hydrogen-bond donors (Lipinski definition) is 1. The van der Waals surface area contributed by atoms with Gasteiger partial charge in [0.2, 0.25) is 0 Å². The van der Waals surface area contributed by atoms with Crippen LogP contribution in [0.3, 0.4) is 0 Å². The first-order valence-corrected chi connectivity index (χ1v) is 10.2. The Hall–Kier alpha value is -2.83. The number of fused-ring (bicyclic) bond motifs is 1. The van der Waals surface area contributed by atoms with Crippen LogP contribution in [0.5, 0.6) is 0 Å². The smallest absolute Gasteiger partial charge is 0.142 e. The quantitative estimate of drug-likeness (QED) is 0.665. The van der Waals surface area contributed by atoms with Gasteiger partial charge in [-0.25, -0.2) is 0 Å². The van der Waals surface area contributed by atoms with Crippen LogP contribution in [0.15, 0.2) is 58.4 Å². The Labute approximate surface area is 169 Å². The van der Waals surface area contributed by atoms with Crippen molar-refractivity contribution in [3.05, 3.63) is 70.6 Å². The average molecular weight is 388 g/mol. The molecule has 1 N–H and O–H groups in total. The molecular weight excluding hydrogens is 364 g/mol. The number of nitroso groups, excluding NO2 is 1. The van der Waals surface area contributed by atoms with Gasteiger partial charge in [-0.3, -0.25) is 9.88 Å². The molecule has 1 aliphatic carbocycles. The molecule has 6 heteroatoms. The number of rotatable bonds is 5. The van der Waals surface area contributed by atoms with E-state index >= 15 is 0 Å². The Kier molecular flexibility index (Phi) is 4.96. The molecule has 2 aliphatic rings. The Balaban J connectivity index is 1.53. The summed E-state index contributed by atoms with van der Waals surface area (Å²) in [6.07, 6.45) is 5.31. The van der Waals surface area contributed by atoms with E-state index in [4.69, 9.17) is 4.42 Å². The zero-order valence-corrected chi connectivity index (χ0v) is 16.3. The number of furan rings is 1. The van der Waals surface area contributed by atoms with Crippen molar-refractivity contribution < 1.29 is 4.42 Å². The topological polar surface area (TPSA) is 70.7 Å². The molecule has 0 amide bonds. The summed E-state index contributed by atoms with van der Waals surface area (Å²) in [5.74, 6) is 1.85. The number of piperazine rings is 1. The van der Waals surface area contributed by atoms with Crippen LogP contribution >= 0.6 is 0 Å². The van der Waals surface area contributed by atoms with E-state index in [9.17, 15) is 4.91 Å². The van der Waals surface area contributed by atoms with E-state index in [0.717, 1.165) is 79.3 Å². The maximum absolute atomic E-state index is 11.1. The summed E-state index contributed by atoms with van der Waals surface area (Å²) in [6, 6.07) is 12.2. The number of aromatic nitrogens is 1. The number of pyridine rings is 1. The first-order valence-electron chi connectivity index (χ1n) is 10.2. The van der Waals surface area contributed by atoms with Crippen molar-refractivity contribution in [2.24, 2.45) is 5.18 Å². The fraction of sp³-hybridized carbons (Fsp3) is 0.348. The van der Waals surface area contributed by atoms with Crippen LogP contribution in [-0.4, -0.2) is 36.1 Å². The molecule has 1 atom stereocenters. The van der Waals surface area contributed by atoms with E-state index in [1.54, 1.807) is 0 Å². The SMILES string of the molecule is O=NC1CCc2cc(-c3oc(CN4CCNCC4)cc3-c3ccncc3)ccc21. The van der Waals surface area contributed by atoms with Gasteiger partial charge in [-0.1, -0.05) is 17.3 Å². The van der Waals surface area contributed by atoms with Crippen molar-refractivity contribution >= 4 is 0 Å². The van der Waals surface area contributed by atoms with Gasteiger partial charge in [-0.15, -0.1) is 0 Å². The zero-order chi connectivity index (χ0) is 19.6. The number of nitrogens with zero attached hydrogens (tertiary/aromatic N) is 3. The summed E-state index contributed by atoms with van der Waals surface area (Å²) in [6.45, 7) is 4.89. The van der Waals surface area contributed by atoms with Crippen molar-refractivity contribution in [1.29, 1.82) is 0 Å². The Morgan fingerprint density at radius 3 is 2.72 bits per heavy atom. The van der Waals surface area contributed by atoms with Gasteiger partial charge in [0.15, 0.2) is 0 Å². The highest BCUT2D eigenvalue weighted by Gasteiger charge is 2.25. The Bertz CT molecular complexity index is 1010. The lowest BCUT2D eigenvalue weighted by molar-refractivity contribution is 0.217. The van der Waals surface area contributed by atoms with Gasteiger partial charge in [0.1, 0.15) is 17.6 Å². The fourth-order valence-corrected chi connectivity index (χ4v) is 4.42. The van der Waals surface area contributed by atoms with Gasteiger partial charge in [-0.05, 0) is 53.8 Å². The van der Waals surface area contributed by atoms with E-state index in [1.807, 2.05) is 30.6 Å². The monoisotopic (exact) mass is 388 g/mol.